The van der Waals surface area contributed by atoms with Crippen LogP contribution in [0.15, 0.2) is 22.1 Å². The molecular weight excluding hydrogens is 296 g/mol. The lowest BCUT2D eigenvalue weighted by Crippen LogP contribution is -2.35. The summed E-state index contributed by atoms with van der Waals surface area (Å²) in [6, 6.07) is 2.34. The van der Waals surface area contributed by atoms with E-state index in [4.69, 9.17) is 9.84 Å². The normalized spacial score (nSPS) is 21.7. The number of ether oxygens (including phenoxy) is 1. The van der Waals surface area contributed by atoms with Crippen molar-refractivity contribution in [1.29, 1.82) is 0 Å². The summed E-state index contributed by atoms with van der Waals surface area (Å²) in [5.41, 5.74) is -0.385. The van der Waals surface area contributed by atoms with Gasteiger partial charge in [-0.15, -0.1) is 0 Å². The molecule has 2 rings (SSSR count). The second-order valence-electron chi connectivity index (χ2n) is 6.33. The van der Waals surface area contributed by atoms with E-state index in [-0.39, 0.29) is 24.6 Å². The van der Waals surface area contributed by atoms with Crippen LogP contribution in [0.4, 0.5) is 5.82 Å². The maximum Gasteiger partial charge on any atom is 0.351 e. The summed E-state index contributed by atoms with van der Waals surface area (Å²) >= 11 is 0. The van der Waals surface area contributed by atoms with Gasteiger partial charge in [0.2, 0.25) is 0 Å². The molecular formula is C16H26N4O3. The van der Waals surface area contributed by atoms with Crippen molar-refractivity contribution < 1.29 is 9.84 Å². The fourth-order valence-electron chi connectivity index (χ4n) is 2.71. The highest BCUT2D eigenvalue weighted by Crippen LogP contribution is 2.26. The molecule has 0 saturated carbocycles. The number of nitrogens with zero attached hydrogens (tertiary/aromatic N) is 4. The van der Waals surface area contributed by atoms with E-state index in [9.17, 15) is 4.79 Å². The SMILES string of the molecule is CC(C)N(C=Nc1ccn([C@H]2CC[C@@H](CO)O2)c(=O)n1)C(C)C. The van der Waals surface area contributed by atoms with Crippen LogP contribution in [0.2, 0.25) is 0 Å². The number of aliphatic hydroxyl groups excluding tert-OH is 1. The molecule has 1 aliphatic rings. The first-order valence-corrected chi connectivity index (χ1v) is 8.09. The molecule has 23 heavy (non-hydrogen) atoms. The Bertz CT molecular complexity index is 589. The molecule has 0 aliphatic carbocycles. The third-order valence-corrected chi connectivity index (χ3v) is 3.93. The van der Waals surface area contributed by atoms with Gasteiger partial charge in [0.25, 0.3) is 0 Å². The molecule has 7 heteroatoms. The van der Waals surface area contributed by atoms with Gasteiger partial charge in [0.1, 0.15) is 6.23 Å². The highest BCUT2D eigenvalue weighted by Gasteiger charge is 2.26. The lowest BCUT2D eigenvalue weighted by atomic mass is 10.2. The number of aliphatic hydroxyl groups is 1. The monoisotopic (exact) mass is 322 g/mol. The van der Waals surface area contributed by atoms with Crippen molar-refractivity contribution in [2.75, 3.05) is 6.61 Å². The van der Waals surface area contributed by atoms with E-state index in [1.807, 2.05) is 0 Å². The number of hydrogen-bond acceptors (Lipinski definition) is 5. The third-order valence-electron chi connectivity index (χ3n) is 3.93. The lowest BCUT2D eigenvalue weighted by Gasteiger charge is -2.27. The molecule has 0 spiro atoms. The summed E-state index contributed by atoms with van der Waals surface area (Å²) < 4.78 is 7.06. The lowest BCUT2D eigenvalue weighted by molar-refractivity contribution is -0.0245. The number of aliphatic imine (C=N–C) groups is 1. The van der Waals surface area contributed by atoms with Gasteiger partial charge in [-0.05, 0) is 46.6 Å². The van der Waals surface area contributed by atoms with Crippen LogP contribution in [0.3, 0.4) is 0 Å². The van der Waals surface area contributed by atoms with Crippen LogP contribution in [0.25, 0.3) is 0 Å². The molecule has 0 unspecified atom stereocenters. The minimum Gasteiger partial charge on any atom is -0.394 e. The average molecular weight is 322 g/mol. The van der Waals surface area contributed by atoms with Gasteiger partial charge in [-0.3, -0.25) is 4.57 Å². The number of rotatable bonds is 6. The molecule has 1 aromatic heterocycles. The van der Waals surface area contributed by atoms with Crippen LogP contribution >= 0.6 is 0 Å². The molecule has 0 amide bonds. The Hall–Kier alpha value is -1.73. The topological polar surface area (TPSA) is 80.0 Å². The minimum atomic E-state index is -0.385. The summed E-state index contributed by atoms with van der Waals surface area (Å²) in [7, 11) is 0. The predicted octanol–water partition coefficient (Wildman–Crippen LogP) is 1.69. The standard InChI is InChI=1S/C16H26N4O3/c1-11(2)20(12(3)4)10-17-14-7-8-19(16(22)18-14)15-6-5-13(9-21)23-15/h7-8,10-13,15,21H,5-6,9H2,1-4H3/t13-,15+/m0/s1. The van der Waals surface area contributed by atoms with Crippen molar-refractivity contribution in [1.82, 2.24) is 14.5 Å². The second-order valence-corrected chi connectivity index (χ2v) is 6.33. The van der Waals surface area contributed by atoms with Crippen LogP contribution in [-0.2, 0) is 4.74 Å². The Morgan fingerprint density at radius 3 is 2.65 bits per heavy atom. The molecule has 0 radical (unpaired) electrons. The van der Waals surface area contributed by atoms with Crippen molar-refractivity contribution in [2.24, 2.45) is 4.99 Å². The smallest absolute Gasteiger partial charge is 0.351 e. The van der Waals surface area contributed by atoms with Crippen LogP contribution < -0.4 is 5.69 Å². The summed E-state index contributed by atoms with van der Waals surface area (Å²) in [5.74, 6) is 0.384. The fraction of sp³-hybridized carbons (Fsp3) is 0.688. The van der Waals surface area contributed by atoms with Crippen molar-refractivity contribution >= 4 is 12.2 Å². The quantitative estimate of drug-likeness (QED) is 0.637. The van der Waals surface area contributed by atoms with Gasteiger partial charge in [0.05, 0.1) is 19.0 Å². The molecule has 0 aromatic carbocycles. The van der Waals surface area contributed by atoms with Crippen molar-refractivity contribution in [3.63, 3.8) is 0 Å². The van der Waals surface area contributed by atoms with E-state index < -0.39 is 0 Å². The largest absolute Gasteiger partial charge is 0.394 e. The van der Waals surface area contributed by atoms with E-state index in [1.165, 1.54) is 4.57 Å². The van der Waals surface area contributed by atoms with Crippen LogP contribution in [0.5, 0.6) is 0 Å². The molecule has 2 heterocycles. The van der Waals surface area contributed by atoms with Crippen LogP contribution in [0.1, 0.15) is 46.8 Å². The first-order valence-electron chi connectivity index (χ1n) is 8.09. The van der Waals surface area contributed by atoms with E-state index in [0.717, 1.165) is 6.42 Å². The van der Waals surface area contributed by atoms with E-state index in [0.29, 0.717) is 24.3 Å². The molecule has 1 saturated heterocycles. The first-order chi connectivity index (χ1) is 10.9. The fourth-order valence-corrected chi connectivity index (χ4v) is 2.71. The zero-order valence-electron chi connectivity index (χ0n) is 14.2. The third kappa shape index (κ3) is 4.39. The van der Waals surface area contributed by atoms with E-state index >= 15 is 0 Å². The van der Waals surface area contributed by atoms with E-state index in [2.05, 4.69) is 42.6 Å². The Kier molecular flexibility index (Phi) is 5.90. The molecule has 1 fully saturated rings. The van der Waals surface area contributed by atoms with Crippen LogP contribution in [-0.4, -0.2) is 50.7 Å². The van der Waals surface area contributed by atoms with Crippen LogP contribution in [0, 0.1) is 0 Å². The summed E-state index contributed by atoms with van der Waals surface area (Å²) in [4.78, 5) is 22.6. The first kappa shape index (κ1) is 17.6. The van der Waals surface area contributed by atoms with Gasteiger partial charge in [-0.1, -0.05) is 0 Å². The molecule has 1 N–H and O–H groups in total. The number of hydrogen-bond donors (Lipinski definition) is 1. The molecule has 2 atom stereocenters. The minimum absolute atomic E-state index is 0.0265. The molecule has 1 aliphatic heterocycles. The van der Waals surface area contributed by atoms with E-state index in [1.54, 1.807) is 18.6 Å². The van der Waals surface area contributed by atoms with Gasteiger partial charge >= 0.3 is 5.69 Å². The van der Waals surface area contributed by atoms with Crippen molar-refractivity contribution in [3.05, 3.63) is 22.7 Å². The van der Waals surface area contributed by atoms with Crippen molar-refractivity contribution in [3.8, 4) is 0 Å². The Balaban J connectivity index is 2.12. The summed E-state index contributed by atoms with van der Waals surface area (Å²) in [6.45, 7) is 8.33. The zero-order valence-corrected chi connectivity index (χ0v) is 14.2. The number of aromatic nitrogens is 2. The Labute approximate surface area is 136 Å². The molecule has 0 bridgehead atoms. The zero-order chi connectivity index (χ0) is 17.0. The highest BCUT2D eigenvalue weighted by molar-refractivity contribution is 5.60. The molecule has 128 valence electrons. The maximum absolute atomic E-state index is 12.2. The second kappa shape index (κ2) is 7.70. The summed E-state index contributed by atoms with van der Waals surface area (Å²) in [6.07, 6.45) is 4.27. The van der Waals surface area contributed by atoms with Gasteiger partial charge < -0.3 is 14.7 Å². The summed E-state index contributed by atoms with van der Waals surface area (Å²) in [5, 5.41) is 9.10. The van der Waals surface area contributed by atoms with Gasteiger partial charge in [0, 0.05) is 18.3 Å². The molecule has 7 nitrogen and oxygen atoms in total. The average Bonchev–Trinajstić information content (AvgIpc) is 2.95. The Morgan fingerprint density at radius 1 is 1.43 bits per heavy atom. The predicted molar refractivity (Wildman–Crippen MR) is 89.0 cm³/mol. The highest BCUT2D eigenvalue weighted by atomic mass is 16.5. The maximum atomic E-state index is 12.2. The Morgan fingerprint density at radius 2 is 2.13 bits per heavy atom. The van der Waals surface area contributed by atoms with Gasteiger partial charge in [-0.2, -0.15) is 4.98 Å². The molecule has 1 aromatic rings. The van der Waals surface area contributed by atoms with Crippen molar-refractivity contribution in [2.45, 2.75) is 65.0 Å². The van der Waals surface area contributed by atoms with Gasteiger partial charge in [-0.25, -0.2) is 9.79 Å². The van der Waals surface area contributed by atoms with Gasteiger partial charge in [0.15, 0.2) is 5.82 Å².